The first-order valence-corrected chi connectivity index (χ1v) is 8.13. The number of esters is 1. The van der Waals surface area contributed by atoms with E-state index in [1.807, 2.05) is 0 Å². The lowest BCUT2D eigenvalue weighted by atomic mass is 10.1. The number of carbonyl (C=O) groups excluding carboxylic acids is 2. The van der Waals surface area contributed by atoms with E-state index < -0.39 is 22.9 Å². The molecular weight excluding hydrogens is 354 g/mol. The summed E-state index contributed by atoms with van der Waals surface area (Å²) < 4.78 is 5.17. The molecule has 0 saturated heterocycles. The summed E-state index contributed by atoms with van der Waals surface area (Å²) in [6.45, 7) is 1.50. The number of carbonyl (C=O) groups is 2. The molecule has 0 aliphatic heterocycles. The Morgan fingerprint density at radius 2 is 1.78 bits per heavy atom. The maximum atomic E-state index is 12.4. The molecule has 2 aromatic rings. The van der Waals surface area contributed by atoms with Crippen LogP contribution < -0.4 is 10.6 Å². The number of nitro benzene ring substituents is 1. The summed E-state index contributed by atoms with van der Waals surface area (Å²) in [7, 11) is 0. The maximum absolute atomic E-state index is 12.4. The second kappa shape index (κ2) is 9.30. The Morgan fingerprint density at radius 1 is 1.15 bits per heavy atom. The predicted molar refractivity (Wildman–Crippen MR) is 98.6 cm³/mol. The van der Waals surface area contributed by atoms with Gasteiger partial charge in [-0.2, -0.15) is 0 Å². The van der Waals surface area contributed by atoms with Gasteiger partial charge in [-0.3, -0.25) is 14.9 Å². The minimum atomic E-state index is -1.18. The zero-order valence-corrected chi connectivity index (χ0v) is 14.5. The van der Waals surface area contributed by atoms with Crippen molar-refractivity contribution in [3.8, 4) is 0 Å². The van der Waals surface area contributed by atoms with Crippen molar-refractivity contribution in [1.29, 1.82) is 0 Å². The van der Waals surface area contributed by atoms with Crippen LogP contribution in [-0.4, -0.2) is 41.2 Å². The second-order valence-electron chi connectivity index (χ2n) is 5.51. The molecule has 142 valence electrons. The van der Waals surface area contributed by atoms with Gasteiger partial charge in [-0.05, 0) is 25.1 Å². The molecule has 0 heterocycles. The summed E-state index contributed by atoms with van der Waals surface area (Å²) in [6, 6.07) is 12.2. The molecule has 2 aromatic carbocycles. The number of amides is 1. The number of nitrogens with one attached hydrogen (secondary N) is 2. The molecule has 3 N–H and O–H groups in total. The zero-order chi connectivity index (χ0) is 19.8. The minimum Gasteiger partial charge on any atom is -0.449 e. The summed E-state index contributed by atoms with van der Waals surface area (Å²) in [4.78, 5) is 35.0. The zero-order valence-electron chi connectivity index (χ0n) is 14.5. The normalized spacial score (nSPS) is 11.3. The van der Waals surface area contributed by atoms with Crippen LogP contribution in [0.4, 0.5) is 17.1 Å². The fraction of sp³-hybridized carbons (Fsp3) is 0.222. The SMILES string of the molecule is C[C@H](OC(=O)c1ccccc1NCCO)C(=O)Nc1ccccc1[N+](=O)[O-]. The van der Waals surface area contributed by atoms with Gasteiger partial charge in [0.2, 0.25) is 0 Å². The number of para-hydroxylation sites is 3. The molecule has 0 bridgehead atoms. The number of hydrogen-bond acceptors (Lipinski definition) is 7. The third-order valence-corrected chi connectivity index (χ3v) is 3.59. The number of nitro groups is 1. The molecule has 1 atom stereocenters. The van der Waals surface area contributed by atoms with Crippen LogP contribution in [0.15, 0.2) is 48.5 Å². The lowest BCUT2D eigenvalue weighted by molar-refractivity contribution is -0.383. The maximum Gasteiger partial charge on any atom is 0.341 e. The number of nitrogens with zero attached hydrogens (tertiary/aromatic N) is 1. The second-order valence-corrected chi connectivity index (χ2v) is 5.51. The van der Waals surface area contributed by atoms with Crippen LogP contribution in [0.1, 0.15) is 17.3 Å². The molecule has 1 amide bonds. The van der Waals surface area contributed by atoms with Gasteiger partial charge in [-0.1, -0.05) is 24.3 Å². The van der Waals surface area contributed by atoms with Crippen LogP contribution >= 0.6 is 0 Å². The highest BCUT2D eigenvalue weighted by Crippen LogP contribution is 2.23. The summed E-state index contributed by atoms with van der Waals surface area (Å²) >= 11 is 0. The van der Waals surface area contributed by atoms with Crippen LogP contribution in [0.5, 0.6) is 0 Å². The van der Waals surface area contributed by atoms with E-state index in [1.54, 1.807) is 24.3 Å². The van der Waals surface area contributed by atoms with E-state index in [-0.39, 0.29) is 30.1 Å². The van der Waals surface area contributed by atoms with E-state index in [0.717, 1.165) is 0 Å². The smallest absolute Gasteiger partial charge is 0.341 e. The predicted octanol–water partition coefficient (Wildman–Crippen LogP) is 2.18. The third-order valence-electron chi connectivity index (χ3n) is 3.59. The fourth-order valence-electron chi connectivity index (χ4n) is 2.26. The van der Waals surface area contributed by atoms with Crippen LogP contribution in [0.25, 0.3) is 0 Å². The van der Waals surface area contributed by atoms with Crippen LogP contribution in [0.3, 0.4) is 0 Å². The van der Waals surface area contributed by atoms with Gasteiger partial charge in [0, 0.05) is 18.3 Å². The lowest BCUT2D eigenvalue weighted by Gasteiger charge is -2.15. The van der Waals surface area contributed by atoms with Crippen molar-refractivity contribution in [1.82, 2.24) is 0 Å². The van der Waals surface area contributed by atoms with Gasteiger partial charge < -0.3 is 20.5 Å². The Hall–Kier alpha value is -3.46. The molecule has 0 aliphatic rings. The van der Waals surface area contributed by atoms with Crippen molar-refractivity contribution < 1.29 is 24.4 Å². The Morgan fingerprint density at radius 3 is 2.44 bits per heavy atom. The van der Waals surface area contributed by atoms with E-state index in [1.165, 1.54) is 31.2 Å². The largest absolute Gasteiger partial charge is 0.449 e. The molecule has 0 saturated carbocycles. The van der Waals surface area contributed by atoms with Crippen LogP contribution in [-0.2, 0) is 9.53 Å². The van der Waals surface area contributed by atoms with Crippen LogP contribution in [0.2, 0.25) is 0 Å². The quantitative estimate of drug-likeness (QED) is 0.367. The fourth-order valence-corrected chi connectivity index (χ4v) is 2.26. The molecule has 0 spiro atoms. The number of hydrogen-bond donors (Lipinski definition) is 3. The average Bonchev–Trinajstić information content (AvgIpc) is 2.66. The number of aliphatic hydroxyl groups excluding tert-OH is 1. The molecule has 0 aromatic heterocycles. The van der Waals surface area contributed by atoms with Crippen molar-refractivity contribution in [2.24, 2.45) is 0 Å². The van der Waals surface area contributed by atoms with Gasteiger partial charge in [-0.25, -0.2) is 4.79 Å². The first-order chi connectivity index (χ1) is 12.9. The highest BCUT2D eigenvalue weighted by atomic mass is 16.6. The van der Waals surface area contributed by atoms with Crippen molar-refractivity contribution in [2.45, 2.75) is 13.0 Å². The van der Waals surface area contributed by atoms with E-state index in [0.29, 0.717) is 5.69 Å². The molecule has 0 radical (unpaired) electrons. The van der Waals surface area contributed by atoms with E-state index >= 15 is 0 Å². The highest BCUT2D eigenvalue weighted by molar-refractivity contribution is 6.00. The molecular formula is C18H19N3O6. The standard InChI is InChI=1S/C18H19N3O6/c1-12(17(23)20-15-8-4-5-9-16(15)21(25)26)27-18(24)13-6-2-3-7-14(13)19-10-11-22/h2-9,12,19,22H,10-11H2,1H3,(H,20,23)/t12-/m0/s1. The molecule has 27 heavy (non-hydrogen) atoms. The van der Waals surface area contributed by atoms with Crippen molar-refractivity contribution in [3.05, 3.63) is 64.2 Å². The number of ether oxygens (including phenoxy) is 1. The van der Waals surface area contributed by atoms with Crippen molar-refractivity contribution in [2.75, 3.05) is 23.8 Å². The Labute approximate surface area is 155 Å². The minimum absolute atomic E-state index is 0.0143. The Kier molecular flexibility index (Phi) is 6.84. The van der Waals surface area contributed by atoms with Gasteiger partial charge >= 0.3 is 5.97 Å². The topological polar surface area (TPSA) is 131 Å². The number of anilines is 2. The molecule has 9 heteroatoms. The van der Waals surface area contributed by atoms with E-state index in [9.17, 15) is 19.7 Å². The number of aliphatic hydroxyl groups is 1. The first kappa shape index (κ1) is 19.9. The highest BCUT2D eigenvalue weighted by Gasteiger charge is 2.23. The van der Waals surface area contributed by atoms with Crippen LogP contribution in [0, 0.1) is 10.1 Å². The Balaban J connectivity index is 2.07. The molecule has 2 rings (SSSR count). The summed E-state index contributed by atoms with van der Waals surface area (Å²) in [5.74, 6) is -1.43. The molecule has 0 fully saturated rings. The summed E-state index contributed by atoms with van der Waals surface area (Å²) in [5.41, 5.74) is 0.419. The average molecular weight is 373 g/mol. The molecule has 0 unspecified atom stereocenters. The summed E-state index contributed by atoms with van der Waals surface area (Å²) in [5, 5.41) is 25.2. The van der Waals surface area contributed by atoms with E-state index in [4.69, 9.17) is 9.84 Å². The monoisotopic (exact) mass is 373 g/mol. The first-order valence-electron chi connectivity index (χ1n) is 8.13. The van der Waals surface area contributed by atoms with Gasteiger partial charge in [0.1, 0.15) is 5.69 Å². The van der Waals surface area contributed by atoms with Gasteiger partial charge in [0.25, 0.3) is 11.6 Å². The number of benzene rings is 2. The third kappa shape index (κ3) is 5.25. The Bertz CT molecular complexity index is 839. The molecule has 0 aliphatic carbocycles. The van der Waals surface area contributed by atoms with Gasteiger partial charge in [0.15, 0.2) is 6.10 Å². The van der Waals surface area contributed by atoms with Crippen molar-refractivity contribution >= 4 is 28.9 Å². The van der Waals surface area contributed by atoms with E-state index in [2.05, 4.69) is 10.6 Å². The number of rotatable bonds is 8. The van der Waals surface area contributed by atoms with Crippen molar-refractivity contribution in [3.63, 3.8) is 0 Å². The van der Waals surface area contributed by atoms with Gasteiger partial charge in [-0.15, -0.1) is 0 Å². The lowest BCUT2D eigenvalue weighted by Crippen LogP contribution is -2.30. The molecule has 9 nitrogen and oxygen atoms in total. The summed E-state index contributed by atoms with van der Waals surface area (Å²) in [6.07, 6.45) is -1.18. The van der Waals surface area contributed by atoms with Gasteiger partial charge in [0.05, 0.1) is 17.1 Å².